The number of amides is 1. The fraction of sp³-hybridized carbons (Fsp3) is 0.120. The smallest absolute Gasteiger partial charge is 0.371 e. The molecule has 2 N–H and O–H groups in total. The van der Waals surface area contributed by atoms with Gasteiger partial charge < -0.3 is 23.7 Å². The predicted octanol–water partition coefficient (Wildman–Crippen LogP) is 4.38. The van der Waals surface area contributed by atoms with Gasteiger partial charge in [-0.2, -0.15) is 0 Å². The monoisotopic (exact) mass is 475 g/mol. The number of carbonyl (C=O) groups excluding carboxylic acids is 1. The van der Waals surface area contributed by atoms with E-state index in [2.05, 4.69) is 15.3 Å². The molecule has 0 radical (unpaired) electrons. The van der Waals surface area contributed by atoms with E-state index in [9.17, 15) is 9.59 Å². The zero-order valence-corrected chi connectivity index (χ0v) is 19.1. The van der Waals surface area contributed by atoms with Gasteiger partial charge in [0.25, 0.3) is 5.91 Å². The molecule has 10 nitrogen and oxygen atoms in total. The molecule has 0 unspecified atom stereocenters. The molecule has 178 valence electrons. The van der Waals surface area contributed by atoms with Crippen LogP contribution in [0, 0.1) is 0 Å². The number of anilines is 1. The summed E-state index contributed by atoms with van der Waals surface area (Å²) >= 11 is 0. The maximum Gasteiger partial charge on any atom is 0.371 e. The number of aromatic nitrogens is 2. The number of rotatable bonds is 8. The molecule has 0 spiro atoms. The summed E-state index contributed by atoms with van der Waals surface area (Å²) < 4.78 is 21.4. The van der Waals surface area contributed by atoms with E-state index in [1.54, 1.807) is 30.3 Å². The van der Waals surface area contributed by atoms with E-state index in [1.807, 2.05) is 6.07 Å². The topological polar surface area (TPSA) is 133 Å². The molecule has 4 aromatic rings. The Labute approximate surface area is 200 Å². The lowest BCUT2D eigenvalue weighted by Gasteiger charge is -2.14. The summed E-state index contributed by atoms with van der Waals surface area (Å²) in [5.74, 6) is 0.0917. The standard InChI is InChI=1S/C25H21N3O7/c1-32-20-10-16(11-21(33-2)22(20)34-3)14-5-4-6-15(9-14)23(29)28-25-26-12-17(13-27-25)18-7-8-19(35-18)24(30)31/h4-13H,1-3H3,(H,30,31)(H,26,27,28,29). The fourth-order valence-electron chi connectivity index (χ4n) is 3.39. The number of nitrogens with zero attached hydrogens (tertiary/aromatic N) is 2. The van der Waals surface area contributed by atoms with Gasteiger partial charge in [0.15, 0.2) is 11.5 Å². The van der Waals surface area contributed by atoms with E-state index >= 15 is 0 Å². The number of aromatic carboxylic acids is 1. The summed E-state index contributed by atoms with van der Waals surface area (Å²) in [4.78, 5) is 32.1. The second-order valence-electron chi connectivity index (χ2n) is 7.21. The molecule has 0 aliphatic carbocycles. The Hall–Kier alpha value is -4.86. The Morgan fingerprint density at radius 1 is 0.857 bits per heavy atom. The van der Waals surface area contributed by atoms with Crippen LogP contribution in [0.3, 0.4) is 0 Å². The Morgan fingerprint density at radius 3 is 2.11 bits per heavy atom. The number of carboxylic acid groups (broad SMARTS) is 1. The van der Waals surface area contributed by atoms with Gasteiger partial charge in [0.1, 0.15) is 5.76 Å². The van der Waals surface area contributed by atoms with Crippen LogP contribution in [0.25, 0.3) is 22.5 Å². The van der Waals surface area contributed by atoms with E-state index in [0.29, 0.717) is 34.1 Å². The SMILES string of the molecule is COc1cc(-c2cccc(C(=O)Nc3ncc(-c4ccc(C(=O)O)o4)cn3)c2)cc(OC)c1OC. The average Bonchev–Trinajstić information content (AvgIpc) is 3.39. The molecule has 0 saturated heterocycles. The number of furan rings is 1. The molecule has 0 aliphatic heterocycles. The fourth-order valence-corrected chi connectivity index (χ4v) is 3.39. The number of methoxy groups -OCH3 is 3. The third-order valence-corrected chi connectivity index (χ3v) is 5.10. The second kappa shape index (κ2) is 9.96. The summed E-state index contributed by atoms with van der Waals surface area (Å²) in [5.41, 5.74) is 2.40. The normalized spacial score (nSPS) is 10.5. The Bertz CT molecular complexity index is 1360. The van der Waals surface area contributed by atoms with Crippen LogP contribution in [-0.4, -0.2) is 48.3 Å². The van der Waals surface area contributed by atoms with Gasteiger partial charge in [-0.3, -0.25) is 10.1 Å². The van der Waals surface area contributed by atoms with E-state index in [0.717, 1.165) is 11.1 Å². The van der Waals surface area contributed by atoms with E-state index in [1.165, 1.54) is 45.9 Å². The predicted molar refractivity (Wildman–Crippen MR) is 126 cm³/mol. The van der Waals surface area contributed by atoms with Crippen molar-refractivity contribution in [2.75, 3.05) is 26.6 Å². The van der Waals surface area contributed by atoms with Gasteiger partial charge >= 0.3 is 5.97 Å². The lowest BCUT2D eigenvalue weighted by atomic mass is 10.0. The van der Waals surface area contributed by atoms with Gasteiger partial charge in [0.2, 0.25) is 17.5 Å². The Kier molecular flexibility index (Phi) is 6.63. The van der Waals surface area contributed by atoms with Crippen LogP contribution in [0.4, 0.5) is 5.95 Å². The highest BCUT2D eigenvalue weighted by molar-refractivity contribution is 6.04. The first-order valence-electron chi connectivity index (χ1n) is 10.3. The van der Waals surface area contributed by atoms with E-state index in [4.69, 9.17) is 23.7 Å². The van der Waals surface area contributed by atoms with Crippen molar-refractivity contribution in [3.63, 3.8) is 0 Å². The van der Waals surface area contributed by atoms with Crippen LogP contribution in [0.15, 0.2) is 65.3 Å². The van der Waals surface area contributed by atoms with Crippen molar-refractivity contribution in [3.8, 4) is 39.7 Å². The molecule has 10 heteroatoms. The molecule has 0 aliphatic rings. The minimum absolute atomic E-state index is 0.0851. The van der Waals surface area contributed by atoms with Crippen LogP contribution < -0.4 is 19.5 Å². The first-order valence-corrected chi connectivity index (χ1v) is 10.3. The van der Waals surface area contributed by atoms with E-state index in [-0.39, 0.29) is 11.7 Å². The number of hydrogen-bond acceptors (Lipinski definition) is 8. The summed E-state index contributed by atoms with van der Waals surface area (Å²) in [6, 6.07) is 13.5. The van der Waals surface area contributed by atoms with Crippen molar-refractivity contribution in [3.05, 3.63) is 72.2 Å². The van der Waals surface area contributed by atoms with Gasteiger partial charge in [-0.25, -0.2) is 14.8 Å². The zero-order valence-electron chi connectivity index (χ0n) is 19.1. The molecule has 4 rings (SSSR count). The van der Waals surface area contributed by atoms with Crippen LogP contribution in [0.5, 0.6) is 17.2 Å². The lowest BCUT2D eigenvalue weighted by molar-refractivity contribution is 0.0663. The minimum atomic E-state index is -1.17. The van der Waals surface area contributed by atoms with Gasteiger partial charge in [-0.1, -0.05) is 12.1 Å². The summed E-state index contributed by atoms with van der Waals surface area (Å²) in [6.07, 6.45) is 2.86. The maximum absolute atomic E-state index is 12.8. The van der Waals surface area contributed by atoms with Crippen LogP contribution in [0.2, 0.25) is 0 Å². The van der Waals surface area contributed by atoms with Crippen molar-refractivity contribution < 1.29 is 33.3 Å². The molecule has 1 amide bonds. The Balaban J connectivity index is 1.54. The minimum Gasteiger partial charge on any atom is -0.493 e. The number of ether oxygens (including phenoxy) is 3. The highest BCUT2D eigenvalue weighted by Crippen LogP contribution is 2.41. The number of carboxylic acids is 1. The molecular weight excluding hydrogens is 454 g/mol. The van der Waals surface area contributed by atoms with E-state index < -0.39 is 11.9 Å². The van der Waals surface area contributed by atoms with Gasteiger partial charge in [0.05, 0.1) is 26.9 Å². The third kappa shape index (κ3) is 4.91. The maximum atomic E-state index is 12.8. The molecule has 0 fully saturated rings. The quantitative estimate of drug-likeness (QED) is 0.381. The zero-order chi connectivity index (χ0) is 24.9. The van der Waals surface area contributed by atoms with Crippen molar-refractivity contribution in [1.82, 2.24) is 9.97 Å². The number of carbonyl (C=O) groups is 2. The second-order valence-corrected chi connectivity index (χ2v) is 7.21. The van der Waals surface area contributed by atoms with Crippen LogP contribution in [0.1, 0.15) is 20.9 Å². The molecule has 2 aromatic heterocycles. The van der Waals surface area contributed by atoms with Gasteiger partial charge in [0, 0.05) is 18.0 Å². The summed E-state index contributed by atoms with van der Waals surface area (Å²) in [6.45, 7) is 0. The molecule has 0 atom stereocenters. The summed E-state index contributed by atoms with van der Waals surface area (Å²) in [5, 5.41) is 11.6. The van der Waals surface area contributed by atoms with Crippen molar-refractivity contribution in [1.29, 1.82) is 0 Å². The molecule has 0 bridgehead atoms. The first-order chi connectivity index (χ1) is 16.9. The number of nitrogens with one attached hydrogen (secondary N) is 1. The summed E-state index contributed by atoms with van der Waals surface area (Å²) in [7, 11) is 4.60. The lowest BCUT2D eigenvalue weighted by Crippen LogP contribution is -2.14. The molecular formula is C25H21N3O7. The average molecular weight is 475 g/mol. The van der Waals surface area contributed by atoms with Crippen molar-refractivity contribution >= 4 is 17.8 Å². The van der Waals surface area contributed by atoms with Crippen LogP contribution in [-0.2, 0) is 0 Å². The largest absolute Gasteiger partial charge is 0.493 e. The molecule has 35 heavy (non-hydrogen) atoms. The highest BCUT2D eigenvalue weighted by Gasteiger charge is 2.16. The van der Waals surface area contributed by atoms with Gasteiger partial charge in [-0.15, -0.1) is 0 Å². The molecule has 0 saturated carbocycles. The first kappa shape index (κ1) is 23.3. The Morgan fingerprint density at radius 2 is 1.54 bits per heavy atom. The van der Waals surface area contributed by atoms with Gasteiger partial charge in [-0.05, 0) is 47.5 Å². The molecule has 2 heterocycles. The van der Waals surface area contributed by atoms with Crippen molar-refractivity contribution in [2.24, 2.45) is 0 Å². The number of hydrogen-bond donors (Lipinski definition) is 2. The third-order valence-electron chi connectivity index (χ3n) is 5.10. The van der Waals surface area contributed by atoms with Crippen LogP contribution >= 0.6 is 0 Å². The molecule has 2 aromatic carbocycles. The van der Waals surface area contributed by atoms with Crippen molar-refractivity contribution in [2.45, 2.75) is 0 Å². The number of benzene rings is 2. The highest BCUT2D eigenvalue weighted by atomic mass is 16.5.